The van der Waals surface area contributed by atoms with E-state index >= 15 is 0 Å². The van der Waals surface area contributed by atoms with Gasteiger partial charge >= 0.3 is 0 Å². The first-order chi connectivity index (χ1) is 12.3. The van der Waals surface area contributed by atoms with E-state index in [0.717, 1.165) is 11.8 Å². The molecule has 1 aliphatic rings. The zero-order chi connectivity index (χ0) is 18.9. The van der Waals surface area contributed by atoms with E-state index in [1.165, 1.54) is 4.31 Å². The quantitative estimate of drug-likeness (QED) is 0.884. The minimum absolute atomic E-state index is 0.0860. The monoisotopic (exact) mass is 376 g/mol. The summed E-state index contributed by atoms with van der Waals surface area (Å²) in [6.07, 6.45) is 0.158. The lowest BCUT2D eigenvalue weighted by Crippen LogP contribution is -2.48. The number of amides is 1. The van der Waals surface area contributed by atoms with Crippen molar-refractivity contribution in [1.29, 1.82) is 0 Å². The Morgan fingerprint density at radius 2 is 1.92 bits per heavy atom. The van der Waals surface area contributed by atoms with Gasteiger partial charge in [0.25, 0.3) is 5.91 Å². The molecule has 0 saturated carbocycles. The van der Waals surface area contributed by atoms with Gasteiger partial charge < -0.3 is 14.8 Å². The van der Waals surface area contributed by atoms with Gasteiger partial charge in [0, 0.05) is 5.69 Å². The van der Waals surface area contributed by atoms with Crippen LogP contribution < -0.4 is 19.1 Å². The number of sulfonamides is 1. The van der Waals surface area contributed by atoms with Gasteiger partial charge in [-0.15, -0.1) is 0 Å². The van der Waals surface area contributed by atoms with E-state index < -0.39 is 22.0 Å². The Bertz CT molecular complexity index is 925. The van der Waals surface area contributed by atoms with Crippen molar-refractivity contribution >= 4 is 27.3 Å². The van der Waals surface area contributed by atoms with Gasteiger partial charge in [0.05, 0.1) is 25.6 Å². The standard InChI is InChI=1S/C18H20N2O5S/c1-12-4-9-16-15(10-12)20(26(3,22)23)11-17(25-16)18(21)19-13-5-7-14(24-2)8-6-13/h4-10,17H,11H2,1-3H3,(H,19,21)/t17-/m0/s1. The molecule has 1 amide bonds. The van der Waals surface area contributed by atoms with Crippen LogP contribution in [0.25, 0.3) is 0 Å². The van der Waals surface area contributed by atoms with Gasteiger partial charge in [-0.25, -0.2) is 8.42 Å². The van der Waals surface area contributed by atoms with Gasteiger partial charge in [0.2, 0.25) is 10.0 Å². The van der Waals surface area contributed by atoms with Crippen LogP contribution in [-0.4, -0.2) is 40.3 Å². The summed E-state index contributed by atoms with van der Waals surface area (Å²) in [6, 6.07) is 12.1. The average Bonchev–Trinajstić information content (AvgIpc) is 2.60. The van der Waals surface area contributed by atoms with Crippen molar-refractivity contribution in [2.75, 3.05) is 29.5 Å². The van der Waals surface area contributed by atoms with E-state index in [4.69, 9.17) is 9.47 Å². The molecule has 2 aromatic carbocycles. The lowest BCUT2D eigenvalue weighted by molar-refractivity contribution is -0.122. The van der Waals surface area contributed by atoms with Crippen molar-refractivity contribution in [2.24, 2.45) is 0 Å². The maximum atomic E-state index is 12.6. The molecule has 0 unspecified atom stereocenters. The van der Waals surface area contributed by atoms with Gasteiger partial charge in [-0.3, -0.25) is 9.10 Å². The smallest absolute Gasteiger partial charge is 0.267 e. The SMILES string of the molecule is COc1ccc(NC(=O)[C@@H]2CN(S(C)(=O)=O)c3cc(C)ccc3O2)cc1. The fourth-order valence-electron chi connectivity index (χ4n) is 2.71. The molecule has 0 aromatic heterocycles. The normalized spacial score (nSPS) is 16.4. The molecule has 8 heteroatoms. The second kappa shape index (κ2) is 6.87. The van der Waals surface area contributed by atoms with Crippen molar-refractivity contribution in [3.8, 4) is 11.5 Å². The predicted octanol–water partition coefficient (Wildman–Crippen LogP) is 2.17. The van der Waals surface area contributed by atoms with E-state index in [0.29, 0.717) is 22.9 Å². The minimum Gasteiger partial charge on any atom is -0.497 e. The highest BCUT2D eigenvalue weighted by Gasteiger charge is 2.35. The van der Waals surface area contributed by atoms with E-state index in [9.17, 15) is 13.2 Å². The maximum absolute atomic E-state index is 12.6. The van der Waals surface area contributed by atoms with Crippen LogP contribution in [0.3, 0.4) is 0 Å². The number of aryl methyl sites for hydroxylation is 1. The molecule has 0 spiro atoms. The number of anilines is 2. The van der Waals surface area contributed by atoms with Crippen molar-refractivity contribution < 1.29 is 22.7 Å². The summed E-state index contributed by atoms with van der Waals surface area (Å²) in [7, 11) is -1.99. The first-order valence-corrected chi connectivity index (χ1v) is 9.82. The van der Waals surface area contributed by atoms with Crippen LogP contribution in [0.2, 0.25) is 0 Å². The van der Waals surface area contributed by atoms with Crippen molar-refractivity contribution in [1.82, 2.24) is 0 Å². The zero-order valence-corrected chi connectivity index (χ0v) is 15.5. The Kier molecular flexibility index (Phi) is 4.78. The molecule has 0 radical (unpaired) electrons. The van der Waals surface area contributed by atoms with Crippen LogP contribution in [0.5, 0.6) is 11.5 Å². The number of rotatable bonds is 4. The van der Waals surface area contributed by atoms with Crippen LogP contribution in [0, 0.1) is 6.92 Å². The fraction of sp³-hybridized carbons (Fsp3) is 0.278. The molecule has 138 valence electrons. The fourth-order valence-corrected chi connectivity index (χ4v) is 3.62. The number of benzene rings is 2. The number of hydrogen-bond acceptors (Lipinski definition) is 5. The Hall–Kier alpha value is -2.74. The average molecular weight is 376 g/mol. The van der Waals surface area contributed by atoms with E-state index in [1.54, 1.807) is 43.5 Å². The summed E-state index contributed by atoms with van der Waals surface area (Å²) < 4.78 is 36.4. The Balaban J connectivity index is 1.84. The third-order valence-corrected chi connectivity index (χ3v) is 5.18. The van der Waals surface area contributed by atoms with Gasteiger partial charge in [0.1, 0.15) is 11.5 Å². The number of fused-ring (bicyclic) bond motifs is 1. The van der Waals surface area contributed by atoms with Gasteiger partial charge in [-0.05, 0) is 48.9 Å². The Labute approximate surface area is 152 Å². The van der Waals surface area contributed by atoms with Crippen LogP contribution in [0.15, 0.2) is 42.5 Å². The summed E-state index contributed by atoms with van der Waals surface area (Å²) >= 11 is 0. The first-order valence-electron chi connectivity index (χ1n) is 7.98. The molecule has 1 heterocycles. The highest BCUT2D eigenvalue weighted by Crippen LogP contribution is 2.36. The summed E-state index contributed by atoms with van der Waals surface area (Å²) in [5, 5.41) is 2.74. The molecule has 2 aromatic rings. The molecule has 0 saturated heterocycles. The second-order valence-electron chi connectivity index (χ2n) is 6.09. The highest BCUT2D eigenvalue weighted by molar-refractivity contribution is 7.92. The summed E-state index contributed by atoms with van der Waals surface area (Å²) in [5.41, 5.74) is 1.92. The van der Waals surface area contributed by atoms with Gasteiger partial charge in [-0.1, -0.05) is 6.07 Å². The maximum Gasteiger partial charge on any atom is 0.267 e. The summed E-state index contributed by atoms with van der Waals surface area (Å²) in [5.74, 6) is 0.613. The Morgan fingerprint density at radius 1 is 1.23 bits per heavy atom. The highest BCUT2D eigenvalue weighted by atomic mass is 32.2. The summed E-state index contributed by atoms with van der Waals surface area (Å²) in [4.78, 5) is 12.6. The van der Waals surface area contributed by atoms with Crippen molar-refractivity contribution in [2.45, 2.75) is 13.0 Å². The van der Waals surface area contributed by atoms with Crippen LogP contribution in [0.1, 0.15) is 5.56 Å². The number of methoxy groups -OCH3 is 1. The molecule has 1 aliphatic heterocycles. The number of carbonyl (C=O) groups excluding carboxylic acids is 1. The number of ether oxygens (including phenoxy) is 2. The molecule has 0 fully saturated rings. The number of carbonyl (C=O) groups is 1. The van der Waals surface area contributed by atoms with Crippen LogP contribution in [0.4, 0.5) is 11.4 Å². The van der Waals surface area contributed by atoms with Crippen LogP contribution in [-0.2, 0) is 14.8 Å². The van der Waals surface area contributed by atoms with Crippen molar-refractivity contribution in [3.05, 3.63) is 48.0 Å². The third kappa shape index (κ3) is 3.75. The third-order valence-electron chi connectivity index (χ3n) is 4.03. The topological polar surface area (TPSA) is 84.9 Å². The zero-order valence-electron chi connectivity index (χ0n) is 14.7. The Morgan fingerprint density at radius 3 is 2.54 bits per heavy atom. The van der Waals surface area contributed by atoms with E-state index in [2.05, 4.69) is 5.32 Å². The predicted molar refractivity (Wildman–Crippen MR) is 99.4 cm³/mol. The molecular formula is C18H20N2O5S. The second-order valence-corrected chi connectivity index (χ2v) is 8.00. The lowest BCUT2D eigenvalue weighted by Gasteiger charge is -2.34. The number of hydrogen-bond donors (Lipinski definition) is 1. The minimum atomic E-state index is -3.55. The number of nitrogens with one attached hydrogen (secondary N) is 1. The molecule has 26 heavy (non-hydrogen) atoms. The van der Waals surface area contributed by atoms with E-state index in [1.807, 2.05) is 13.0 Å². The molecular weight excluding hydrogens is 356 g/mol. The molecule has 7 nitrogen and oxygen atoms in total. The number of nitrogens with zero attached hydrogens (tertiary/aromatic N) is 1. The summed E-state index contributed by atoms with van der Waals surface area (Å²) in [6.45, 7) is 1.78. The molecule has 1 N–H and O–H groups in total. The first kappa shape index (κ1) is 18.1. The van der Waals surface area contributed by atoms with Gasteiger partial charge in [-0.2, -0.15) is 0 Å². The molecule has 3 rings (SSSR count). The van der Waals surface area contributed by atoms with Gasteiger partial charge in [0.15, 0.2) is 6.10 Å². The molecule has 0 aliphatic carbocycles. The largest absolute Gasteiger partial charge is 0.497 e. The lowest BCUT2D eigenvalue weighted by atomic mass is 10.1. The molecule has 1 atom stereocenters. The van der Waals surface area contributed by atoms with Crippen LogP contribution >= 0.6 is 0 Å². The van der Waals surface area contributed by atoms with Crippen molar-refractivity contribution in [3.63, 3.8) is 0 Å². The molecule has 0 bridgehead atoms. The van der Waals surface area contributed by atoms with E-state index in [-0.39, 0.29) is 6.54 Å².